The standard InChI is InChI=1S/C26H42N2O2/c1-18-6-8-20(9-7-18)17-30-22-12-10-19(11-13-22)16-21-14-15-28-24-5-3-2-4-23(24)26(29)27-25(21)28/h16,18-20,22-25H,2-15,17H2,1H3,(H,27,29)/b21-16-. The van der Waals surface area contributed by atoms with Gasteiger partial charge >= 0.3 is 0 Å². The van der Waals surface area contributed by atoms with Gasteiger partial charge in [-0.15, -0.1) is 0 Å². The third kappa shape index (κ3) is 4.50. The molecule has 3 saturated carbocycles. The van der Waals surface area contributed by atoms with E-state index in [1.165, 1.54) is 76.2 Å². The van der Waals surface area contributed by atoms with Gasteiger partial charge in [-0.05, 0) is 81.1 Å². The van der Waals surface area contributed by atoms with Crippen LogP contribution in [0.4, 0.5) is 0 Å². The molecule has 1 amide bonds. The fraction of sp³-hybridized carbons (Fsp3) is 0.885. The van der Waals surface area contributed by atoms with Gasteiger partial charge in [-0.2, -0.15) is 0 Å². The van der Waals surface area contributed by atoms with Crippen molar-refractivity contribution >= 4 is 5.91 Å². The van der Waals surface area contributed by atoms with Gasteiger partial charge in [0.2, 0.25) is 5.91 Å². The van der Waals surface area contributed by atoms with E-state index in [0.717, 1.165) is 37.8 Å². The summed E-state index contributed by atoms with van der Waals surface area (Å²) in [6.07, 6.45) is 19.6. The molecular formula is C26H42N2O2. The molecule has 5 aliphatic rings. The summed E-state index contributed by atoms with van der Waals surface area (Å²) in [7, 11) is 0. The second kappa shape index (κ2) is 9.32. The third-order valence-electron chi connectivity index (χ3n) is 8.98. The second-order valence-electron chi connectivity index (χ2n) is 11.1. The number of carbonyl (C=O) groups is 1. The SMILES string of the molecule is CC1CCC(COC2CCC(/C=C3/CCN4C3NC(=O)C3CCCCC34)CC2)CC1. The van der Waals surface area contributed by atoms with Crippen molar-refractivity contribution in [3.05, 3.63) is 11.6 Å². The third-order valence-corrected chi connectivity index (χ3v) is 8.98. The molecule has 1 N–H and O–H groups in total. The van der Waals surface area contributed by atoms with Crippen molar-refractivity contribution in [2.45, 2.75) is 109 Å². The molecule has 2 saturated heterocycles. The van der Waals surface area contributed by atoms with Crippen LogP contribution in [0.2, 0.25) is 0 Å². The number of rotatable bonds is 4. The summed E-state index contributed by atoms with van der Waals surface area (Å²) in [6.45, 7) is 4.52. The van der Waals surface area contributed by atoms with E-state index in [-0.39, 0.29) is 12.1 Å². The van der Waals surface area contributed by atoms with E-state index in [2.05, 4.69) is 23.2 Å². The van der Waals surface area contributed by atoms with Crippen LogP contribution in [0, 0.1) is 23.7 Å². The second-order valence-corrected chi connectivity index (χ2v) is 11.1. The molecule has 0 aromatic carbocycles. The van der Waals surface area contributed by atoms with Gasteiger partial charge in [0, 0.05) is 19.2 Å². The van der Waals surface area contributed by atoms with E-state index in [0.29, 0.717) is 24.0 Å². The maximum absolute atomic E-state index is 12.7. The molecule has 168 valence electrons. The highest BCUT2D eigenvalue weighted by Gasteiger charge is 2.46. The first-order valence-corrected chi connectivity index (χ1v) is 13.1. The minimum Gasteiger partial charge on any atom is -0.378 e. The summed E-state index contributed by atoms with van der Waals surface area (Å²) >= 11 is 0. The topological polar surface area (TPSA) is 41.6 Å². The maximum Gasteiger partial charge on any atom is 0.226 e. The molecule has 30 heavy (non-hydrogen) atoms. The molecule has 4 nitrogen and oxygen atoms in total. The van der Waals surface area contributed by atoms with Crippen molar-refractivity contribution in [2.24, 2.45) is 23.7 Å². The lowest BCUT2D eigenvalue weighted by molar-refractivity contribution is -0.135. The first-order valence-electron chi connectivity index (χ1n) is 13.1. The molecule has 5 fully saturated rings. The monoisotopic (exact) mass is 414 g/mol. The normalized spacial score (nSPS) is 43.8. The van der Waals surface area contributed by atoms with Crippen LogP contribution in [-0.4, -0.2) is 42.3 Å². The van der Waals surface area contributed by atoms with E-state index in [9.17, 15) is 4.79 Å². The van der Waals surface area contributed by atoms with Crippen molar-refractivity contribution in [1.82, 2.24) is 10.2 Å². The van der Waals surface area contributed by atoms with Crippen LogP contribution in [0.5, 0.6) is 0 Å². The molecule has 0 bridgehead atoms. The highest BCUT2D eigenvalue weighted by Crippen LogP contribution is 2.39. The van der Waals surface area contributed by atoms with E-state index in [1.807, 2.05) is 0 Å². The molecule has 0 aromatic rings. The predicted octanol–water partition coefficient (Wildman–Crippen LogP) is 5.03. The lowest BCUT2D eigenvalue weighted by Gasteiger charge is -2.45. The fourth-order valence-electron chi connectivity index (χ4n) is 6.99. The van der Waals surface area contributed by atoms with Gasteiger partial charge in [0.15, 0.2) is 0 Å². The molecule has 0 spiro atoms. The Hall–Kier alpha value is -0.870. The van der Waals surface area contributed by atoms with Gasteiger partial charge in [-0.1, -0.05) is 38.7 Å². The highest BCUT2D eigenvalue weighted by atomic mass is 16.5. The molecule has 3 atom stereocenters. The van der Waals surface area contributed by atoms with Gasteiger partial charge in [0.1, 0.15) is 6.17 Å². The van der Waals surface area contributed by atoms with E-state index in [4.69, 9.17) is 4.74 Å². The Labute approximate surface area is 183 Å². The minimum absolute atomic E-state index is 0.194. The number of ether oxygens (including phenoxy) is 1. The quantitative estimate of drug-likeness (QED) is 0.656. The van der Waals surface area contributed by atoms with Crippen LogP contribution in [0.1, 0.15) is 90.4 Å². The van der Waals surface area contributed by atoms with Gasteiger partial charge in [0.05, 0.1) is 12.0 Å². The number of nitrogens with zero attached hydrogens (tertiary/aromatic N) is 1. The van der Waals surface area contributed by atoms with Gasteiger partial charge < -0.3 is 10.1 Å². The Kier molecular flexibility index (Phi) is 6.53. The van der Waals surface area contributed by atoms with Crippen molar-refractivity contribution in [3.8, 4) is 0 Å². The number of hydrogen-bond donors (Lipinski definition) is 1. The number of amides is 1. The van der Waals surface area contributed by atoms with Crippen molar-refractivity contribution < 1.29 is 9.53 Å². The number of allylic oxidation sites excluding steroid dienone is 1. The minimum atomic E-state index is 0.194. The van der Waals surface area contributed by atoms with Crippen LogP contribution in [-0.2, 0) is 9.53 Å². The molecule has 0 aromatic heterocycles. The largest absolute Gasteiger partial charge is 0.378 e. The Morgan fingerprint density at radius 3 is 2.57 bits per heavy atom. The molecule has 2 heterocycles. The van der Waals surface area contributed by atoms with Crippen molar-refractivity contribution in [2.75, 3.05) is 13.2 Å². The van der Waals surface area contributed by atoms with Crippen LogP contribution in [0.3, 0.4) is 0 Å². The van der Waals surface area contributed by atoms with E-state index >= 15 is 0 Å². The Morgan fingerprint density at radius 2 is 1.77 bits per heavy atom. The lowest BCUT2D eigenvalue weighted by atomic mass is 9.81. The van der Waals surface area contributed by atoms with Crippen LogP contribution in [0.15, 0.2) is 11.6 Å². The zero-order valence-corrected chi connectivity index (χ0v) is 19.0. The van der Waals surface area contributed by atoms with E-state index in [1.54, 1.807) is 0 Å². The predicted molar refractivity (Wildman–Crippen MR) is 120 cm³/mol. The first kappa shape index (κ1) is 21.0. The van der Waals surface area contributed by atoms with Gasteiger partial charge in [-0.3, -0.25) is 9.69 Å². The smallest absolute Gasteiger partial charge is 0.226 e. The summed E-state index contributed by atoms with van der Waals surface area (Å²) < 4.78 is 6.35. The summed E-state index contributed by atoms with van der Waals surface area (Å²) in [6, 6.07) is 0.496. The fourth-order valence-corrected chi connectivity index (χ4v) is 6.99. The van der Waals surface area contributed by atoms with Crippen molar-refractivity contribution in [3.63, 3.8) is 0 Å². The lowest BCUT2D eigenvalue weighted by Crippen LogP contribution is -2.61. The van der Waals surface area contributed by atoms with Crippen LogP contribution in [0.25, 0.3) is 0 Å². The zero-order valence-electron chi connectivity index (χ0n) is 19.0. The number of nitrogens with one attached hydrogen (secondary N) is 1. The van der Waals surface area contributed by atoms with Crippen LogP contribution >= 0.6 is 0 Å². The van der Waals surface area contributed by atoms with Crippen LogP contribution < -0.4 is 5.32 Å². The van der Waals surface area contributed by atoms with E-state index < -0.39 is 0 Å². The average molecular weight is 415 g/mol. The summed E-state index contributed by atoms with van der Waals surface area (Å²) in [5, 5.41) is 3.38. The molecule has 3 unspecified atom stereocenters. The highest BCUT2D eigenvalue weighted by molar-refractivity contribution is 5.81. The molecule has 3 aliphatic carbocycles. The Morgan fingerprint density at radius 1 is 1.00 bits per heavy atom. The summed E-state index contributed by atoms with van der Waals surface area (Å²) in [5.74, 6) is 2.98. The van der Waals surface area contributed by atoms with Crippen molar-refractivity contribution in [1.29, 1.82) is 0 Å². The molecule has 0 radical (unpaired) electrons. The van der Waals surface area contributed by atoms with Gasteiger partial charge in [-0.25, -0.2) is 0 Å². The average Bonchev–Trinajstić information content (AvgIpc) is 3.17. The summed E-state index contributed by atoms with van der Waals surface area (Å²) in [5.41, 5.74) is 1.49. The Bertz CT molecular complexity index is 631. The van der Waals surface area contributed by atoms with Gasteiger partial charge in [0.25, 0.3) is 0 Å². The maximum atomic E-state index is 12.7. The summed E-state index contributed by atoms with van der Waals surface area (Å²) in [4.78, 5) is 15.3. The molecule has 5 rings (SSSR count). The first-order chi connectivity index (χ1) is 14.7. The number of hydrogen-bond acceptors (Lipinski definition) is 3. The molecule has 2 aliphatic heterocycles. The Balaban J connectivity index is 1.11. The number of fused-ring (bicyclic) bond motifs is 3. The molecule has 4 heteroatoms. The number of carbonyl (C=O) groups excluding carboxylic acids is 1. The zero-order chi connectivity index (χ0) is 20.5. The molecular weight excluding hydrogens is 372 g/mol.